The predicted molar refractivity (Wildman–Crippen MR) is 97.9 cm³/mol. The van der Waals surface area contributed by atoms with Crippen LogP contribution < -0.4 is 11.1 Å². The van der Waals surface area contributed by atoms with Crippen LogP contribution in [0.1, 0.15) is 25.0 Å². The van der Waals surface area contributed by atoms with E-state index in [1.807, 2.05) is 49.6 Å². The van der Waals surface area contributed by atoms with Crippen molar-refractivity contribution < 1.29 is 9.32 Å². The second-order valence-electron chi connectivity index (χ2n) is 5.54. The summed E-state index contributed by atoms with van der Waals surface area (Å²) in [4.78, 5) is 25.3. The molecular weight excluding hydrogens is 338 g/mol. The predicted octanol–water partition coefficient (Wildman–Crippen LogP) is 3.33. The van der Waals surface area contributed by atoms with Gasteiger partial charge in [0.1, 0.15) is 6.54 Å². The summed E-state index contributed by atoms with van der Waals surface area (Å²) in [5, 5.41) is 8.62. The van der Waals surface area contributed by atoms with E-state index in [4.69, 9.17) is 4.52 Å². The van der Waals surface area contributed by atoms with Crippen molar-refractivity contribution in [2.75, 3.05) is 5.32 Å². The molecule has 0 saturated carbocycles. The van der Waals surface area contributed by atoms with Crippen molar-refractivity contribution in [2.45, 2.75) is 33.2 Å². The Balaban J connectivity index is 1.86. The molecule has 0 radical (unpaired) electrons. The average Bonchev–Trinajstić information content (AvgIpc) is 3.26. The van der Waals surface area contributed by atoms with Gasteiger partial charge in [-0.1, -0.05) is 43.3 Å². The number of carbonyl (C=O) groups is 1. The summed E-state index contributed by atoms with van der Waals surface area (Å²) in [6.45, 7) is 3.95. The molecule has 25 heavy (non-hydrogen) atoms. The highest BCUT2D eigenvalue weighted by Gasteiger charge is 2.18. The second kappa shape index (κ2) is 7.48. The second-order valence-corrected chi connectivity index (χ2v) is 6.49. The van der Waals surface area contributed by atoms with Crippen molar-refractivity contribution in [3.8, 4) is 10.7 Å². The number of hydrogen-bond donors (Lipinski definition) is 1. The first-order valence-corrected chi connectivity index (χ1v) is 9.03. The molecule has 0 spiro atoms. The molecule has 7 heteroatoms. The Morgan fingerprint density at radius 1 is 1.20 bits per heavy atom. The van der Waals surface area contributed by atoms with Gasteiger partial charge in [-0.3, -0.25) is 9.32 Å². The quantitative estimate of drug-likeness (QED) is 0.734. The lowest BCUT2D eigenvalue weighted by molar-refractivity contribution is -0.116. The van der Waals surface area contributed by atoms with Crippen LogP contribution in [0.3, 0.4) is 0 Å². The van der Waals surface area contributed by atoms with Crippen LogP contribution in [-0.4, -0.2) is 15.6 Å². The minimum Gasteiger partial charge on any atom is -0.324 e. The highest BCUT2D eigenvalue weighted by Crippen LogP contribution is 2.24. The molecule has 0 aliphatic rings. The fourth-order valence-electron chi connectivity index (χ4n) is 2.72. The van der Waals surface area contributed by atoms with E-state index in [1.165, 1.54) is 15.9 Å². The first kappa shape index (κ1) is 17.2. The Morgan fingerprint density at radius 3 is 2.52 bits per heavy atom. The molecular formula is C18H19N3O3S. The summed E-state index contributed by atoms with van der Waals surface area (Å²) < 4.78 is 6.00. The van der Waals surface area contributed by atoms with Gasteiger partial charge < -0.3 is 5.32 Å². The monoisotopic (exact) mass is 357 g/mol. The third-order valence-corrected chi connectivity index (χ3v) is 4.86. The largest absolute Gasteiger partial charge is 0.442 e. The Hall–Kier alpha value is -2.67. The van der Waals surface area contributed by atoms with E-state index in [9.17, 15) is 9.59 Å². The Kier molecular flexibility index (Phi) is 5.14. The number of aromatic nitrogens is 2. The van der Waals surface area contributed by atoms with Crippen molar-refractivity contribution in [3.63, 3.8) is 0 Å². The highest BCUT2D eigenvalue weighted by atomic mass is 32.1. The van der Waals surface area contributed by atoms with Crippen LogP contribution >= 0.6 is 11.3 Å². The summed E-state index contributed by atoms with van der Waals surface area (Å²) in [5.74, 6) is -0.550. The third-order valence-electron chi connectivity index (χ3n) is 3.99. The average molecular weight is 357 g/mol. The smallest absolute Gasteiger partial charge is 0.324 e. The number of para-hydroxylation sites is 1. The van der Waals surface area contributed by atoms with Crippen LogP contribution in [0.25, 0.3) is 10.7 Å². The molecule has 0 unspecified atom stereocenters. The maximum atomic E-state index is 12.6. The number of amides is 1. The molecule has 6 nitrogen and oxygen atoms in total. The minimum absolute atomic E-state index is 0.142. The maximum absolute atomic E-state index is 12.6. The standard InChI is InChI=1S/C18H19N3O3S/c1-3-12-7-5-8-13(4-2)16(12)19-15(22)11-21-17(20-24-18(21)23)14-9-6-10-25-14/h5-10H,3-4,11H2,1-2H3,(H,19,22). The molecule has 0 aliphatic carbocycles. The van der Waals surface area contributed by atoms with Gasteiger partial charge in [-0.05, 0) is 35.4 Å². The lowest BCUT2D eigenvalue weighted by Crippen LogP contribution is -2.26. The first-order valence-electron chi connectivity index (χ1n) is 8.15. The van der Waals surface area contributed by atoms with Gasteiger partial charge in [0, 0.05) is 5.69 Å². The van der Waals surface area contributed by atoms with E-state index in [0.29, 0.717) is 5.82 Å². The van der Waals surface area contributed by atoms with Gasteiger partial charge in [0.05, 0.1) is 4.88 Å². The number of nitrogens with one attached hydrogen (secondary N) is 1. The molecule has 1 N–H and O–H groups in total. The van der Waals surface area contributed by atoms with Crippen molar-refractivity contribution >= 4 is 22.9 Å². The van der Waals surface area contributed by atoms with Crippen LogP contribution in [-0.2, 0) is 24.2 Å². The number of thiophene rings is 1. The van der Waals surface area contributed by atoms with Crippen LogP contribution in [0.5, 0.6) is 0 Å². The Labute approximate surface area is 149 Å². The molecule has 0 aliphatic heterocycles. The molecule has 1 amide bonds. The minimum atomic E-state index is -0.641. The molecule has 0 saturated heterocycles. The summed E-state index contributed by atoms with van der Waals surface area (Å²) >= 11 is 1.43. The number of aryl methyl sites for hydroxylation is 2. The SMILES string of the molecule is CCc1cccc(CC)c1NC(=O)Cn1c(-c2cccs2)noc1=O. The molecule has 2 aromatic heterocycles. The van der Waals surface area contributed by atoms with Crippen LogP contribution in [0, 0.1) is 0 Å². The normalized spacial score (nSPS) is 10.8. The third kappa shape index (κ3) is 3.56. The zero-order valence-electron chi connectivity index (χ0n) is 14.1. The first-order chi connectivity index (χ1) is 12.1. The van der Waals surface area contributed by atoms with E-state index in [1.54, 1.807) is 0 Å². The molecule has 0 bridgehead atoms. The van der Waals surface area contributed by atoms with Gasteiger partial charge in [0.15, 0.2) is 5.82 Å². The molecule has 3 aromatic rings. The van der Waals surface area contributed by atoms with Crippen LogP contribution in [0.15, 0.2) is 45.0 Å². The van der Waals surface area contributed by atoms with Crippen molar-refractivity contribution in [2.24, 2.45) is 0 Å². The number of nitrogens with zero attached hydrogens (tertiary/aromatic N) is 2. The van der Waals surface area contributed by atoms with Crippen LogP contribution in [0.2, 0.25) is 0 Å². The Morgan fingerprint density at radius 2 is 1.92 bits per heavy atom. The van der Waals surface area contributed by atoms with Crippen LogP contribution in [0.4, 0.5) is 5.69 Å². The zero-order valence-corrected chi connectivity index (χ0v) is 14.9. The molecule has 0 fully saturated rings. The van der Waals surface area contributed by atoms with Crippen molar-refractivity contribution in [3.05, 3.63) is 57.4 Å². The van der Waals surface area contributed by atoms with E-state index in [2.05, 4.69) is 10.5 Å². The van der Waals surface area contributed by atoms with Gasteiger partial charge in [-0.15, -0.1) is 11.3 Å². The fourth-order valence-corrected chi connectivity index (χ4v) is 3.43. The molecule has 0 atom stereocenters. The summed E-state index contributed by atoms with van der Waals surface area (Å²) in [6.07, 6.45) is 1.63. The number of anilines is 1. The molecule has 3 rings (SSSR count). The fraction of sp³-hybridized carbons (Fsp3) is 0.278. The summed E-state index contributed by atoms with van der Waals surface area (Å²) in [5.41, 5.74) is 2.98. The number of rotatable bonds is 6. The number of hydrogen-bond acceptors (Lipinski definition) is 5. The van der Waals surface area contributed by atoms with Gasteiger partial charge >= 0.3 is 5.76 Å². The van der Waals surface area contributed by atoms with Crippen molar-refractivity contribution in [1.82, 2.24) is 9.72 Å². The van der Waals surface area contributed by atoms with E-state index in [0.717, 1.165) is 34.5 Å². The van der Waals surface area contributed by atoms with E-state index in [-0.39, 0.29) is 12.5 Å². The van der Waals surface area contributed by atoms with Gasteiger partial charge in [0.2, 0.25) is 5.91 Å². The van der Waals surface area contributed by atoms with Crippen molar-refractivity contribution in [1.29, 1.82) is 0 Å². The topological polar surface area (TPSA) is 77.1 Å². The lowest BCUT2D eigenvalue weighted by Gasteiger charge is -2.14. The molecule has 130 valence electrons. The number of carbonyl (C=O) groups excluding carboxylic acids is 1. The zero-order chi connectivity index (χ0) is 17.8. The summed E-state index contributed by atoms with van der Waals surface area (Å²) in [7, 11) is 0. The molecule has 2 heterocycles. The summed E-state index contributed by atoms with van der Waals surface area (Å²) in [6, 6.07) is 9.67. The Bertz CT molecular complexity index is 903. The van der Waals surface area contributed by atoms with Gasteiger partial charge in [-0.25, -0.2) is 9.36 Å². The van der Waals surface area contributed by atoms with E-state index < -0.39 is 5.76 Å². The maximum Gasteiger partial charge on any atom is 0.442 e. The highest BCUT2D eigenvalue weighted by molar-refractivity contribution is 7.13. The number of benzene rings is 1. The lowest BCUT2D eigenvalue weighted by atomic mass is 10.0. The van der Waals surface area contributed by atoms with Gasteiger partial charge in [-0.2, -0.15) is 0 Å². The van der Waals surface area contributed by atoms with E-state index >= 15 is 0 Å². The molecule has 1 aromatic carbocycles. The van der Waals surface area contributed by atoms with Gasteiger partial charge in [0.25, 0.3) is 0 Å².